The number of hydrogen-bond acceptors (Lipinski definition) is 6. The number of ether oxygens (including phenoxy) is 2. The molecule has 8 nitrogen and oxygen atoms in total. The lowest BCUT2D eigenvalue weighted by atomic mass is 9.91. The fourth-order valence-electron chi connectivity index (χ4n) is 5.82. The maximum absolute atomic E-state index is 13.6. The molecule has 2 N–H and O–H groups in total. The fraction of sp³-hybridized carbons (Fsp3) is 0.644. The third-order valence-corrected chi connectivity index (χ3v) is 19.8. The molecule has 1 amide bonds. The number of alkyl carbamates (subject to hydrolysis) is 1. The molecule has 2 aromatic carbocycles. The Labute approximate surface area is 336 Å². The number of aliphatic carboxylic acids is 1. The van der Waals surface area contributed by atoms with E-state index in [-0.39, 0.29) is 15.7 Å². The second-order valence-corrected chi connectivity index (χ2v) is 29.8. The molecular weight excluding hydrogens is 723 g/mol. The van der Waals surface area contributed by atoms with Gasteiger partial charge in [0.1, 0.15) is 17.0 Å². The topological polar surface area (TPSA) is 103 Å². The van der Waals surface area contributed by atoms with Crippen LogP contribution in [-0.2, 0) is 31.2 Å². The number of rotatable bonds is 16. The Balaban J connectivity index is 2.73. The third-order valence-electron chi connectivity index (χ3n) is 10.9. The zero-order chi connectivity index (χ0) is 42.4. The van der Waals surface area contributed by atoms with Crippen molar-refractivity contribution in [3.8, 4) is 5.75 Å². The molecule has 0 aliphatic carbocycles. The van der Waals surface area contributed by atoms with E-state index in [0.717, 1.165) is 28.0 Å². The largest absolute Gasteiger partial charge is 0.488 e. The molecule has 2 aromatic rings. The number of hydrogen-bond donors (Lipinski definition) is 2. The smallest absolute Gasteiger partial charge is 0.407 e. The van der Waals surface area contributed by atoms with E-state index in [4.69, 9.17) is 18.3 Å². The van der Waals surface area contributed by atoms with Crippen LogP contribution in [0.3, 0.4) is 0 Å². The molecule has 0 aromatic heterocycles. The van der Waals surface area contributed by atoms with Crippen LogP contribution in [0.1, 0.15) is 112 Å². The molecule has 0 spiro atoms. The van der Waals surface area contributed by atoms with Gasteiger partial charge in [-0.2, -0.15) is 0 Å². The number of benzene rings is 2. The predicted molar refractivity (Wildman–Crippen MR) is 232 cm³/mol. The molecule has 0 heterocycles. The van der Waals surface area contributed by atoms with Crippen molar-refractivity contribution in [3.05, 3.63) is 76.9 Å². The number of carboxylic acid groups (broad SMARTS) is 1. The van der Waals surface area contributed by atoms with Crippen molar-refractivity contribution < 1.29 is 33.0 Å². The summed E-state index contributed by atoms with van der Waals surface area (Å²) >= 11 is 0. The summed E-state index contributed by atoms with van der Waals surface area (Å²) in [5, 5.41) is 13.6. The molecule has 0 radical (unpaired) electrons. The normalized spacial score (nSPS) is 15.7. The van der Waals surface area contributed by atoms with Crippen molar-refractivity contribution in [1.29, 1.82) is 0 Å². The van der Waals surface area contributed by atoms with Crippen LogP contribution in [0.2, 0.25) is 36.3 Å². The van der Waals surface area contributed by atoms with Gasteiger partial charge in [-0.1, -0.05) is 84.0 Å². The molecule has 10 heteroatoms. The summed E-state index contributed by atoms with van der Waals surface area (Å²) in [7, 11) is -4.81. The minimum absolute atomic E-state index is 0.110. The van der Waals surface area contributed by atoms with Gasteiger partial charge in [0.05, 0.1) is 24.2 Å². The maximum atomic E-state index is 13.6. The van der Waals surface area contributed by atoms with E-state index < -0.39 is 58.5 Å². The highest BCUT2D eigenvalue weighted by molar-refractivity contribution is 6.74. The van der Waals surface area contributed by atoms with Crippen LogP contribution in [-0.4, -0.2) is 63.3 Å². The average molecular weight is 798 g/mol. The monoisotopic (exact) mass is 798 g/mol. The van der Waals surface area contributed by atoms with Crippen LogP contribution in [0, 0.1) is 19.8 Å². The first kappa shape index (κ1) is 48.2. The molecule has 2 rings (SSSR count). The summed E-state index contributed by atoms with van der Waals surface area (Å²) in [6.45, 7) is 37.6. The van der Waals surface area contributed by atoms with Gasteiger partial charge < -0.3 is 28.7 Å². The molecule has 55 heavy (non-hydrogen) atoms. The summed E-state index contributed by atoms with van der Waals surface area (Å²) in [4.78, 5) is 26.6. The molecule has 0 aliphatic heterocycles. The molecular formula is C45H75NO7Si2. The number of amides is 1. The van der Waals surface area contributed by atoms with Gasteiger partial charge in [0, 0.05) is 0 Å². The van der Waals surface area contributed by atoms with Gasteiger partial charge >= 0.3 is 12.1 Å². The highest BCUT2D eigenvalue weighted by Crippen LogP contribution is 2.40. The first-order valence-electron chi connectivity index (χ1n) is 19.9. The Bertz CT molecular complexity index is 1570. The highest BCUT2D eigenvalue weighted by Gasteiger charge is 2.43. The molecule has 0 saturated carbocycles. The van der Waals surface area contributed by atoms with Crippen molar-refractivity contribution >= 4 is 28.7 Å². The highest BCUT2D eigenvalue weighted by atomic mass is 28.4. The van der Waals surface area contributed by atoms with Crippen LogP contribution >= 0.6 is 0 Å². The summed E-state index contributed by atoms with van der Waals surface area (Å²) in [5.74, 6) is -0.904. The van der Waals surface area contributed by atoms with Crippen LogP contribution in [0.15, 0.2) is 54.6 Å². The van der Waals surface area contributed by atoms with Gasteiger partial charge in [-0.15, -0.1) is 0 Å². The number of carbonyl (C=O) groups excluding carboxylic acids is 1. The van der Waals surface area contributed by atoms with Gasteiger partial charge in [-0.25, -0.2) is 4.79 Å². The van der Waals surface area contributed by atoms with Crippen molar-refractivity contribution in [3.63, 3.8) is 0 Å². The van der Waals surface area contributed by atoms with Gasteiger partial charge in [-0.3, -0.25) is 4.79 Å². The SMILES string of the molecule is Cc1cc(OC(C)(C)C)cc(C)c1CC(NC(=O)OC(C)(C)C)C(CC=CC(O[Si](C)(C)C(C)(C)C)C(Cc1ccccc1)C(=O)O)O[Si](C)(C)C(C)(C)C. The van der Waals surface area contributed by atoms with E-state index in [1.165, 1.54) is 0 Å². The predicted octanol–water partition coefficient (Wildman–Crippen LogP) is 11.6. The summed E-state index contributed by atoms with van der Waals surface area (Å²) < 4.78 is 26.2. The van der Waals surface area contributed by atoms with Crippen molar-refractivity contribution in [1.82, 2.24) is 5.32 Å². The third kappa shape index (κ3) is 15.5. The minimum atomic E-state index is -2.41. The second kappa shape index (κ2) is 18.6. The molecule has 310 valence electrons. The lowest BCUT2D eigenvalue weighted by molar-refractivity contribution is -0.144. The summed E-state index contributed by atoms with van der Waals surface area (Å²) in [6, 6.07) is 13.4. The second-order valence-electron chi connectivity index (χ2n) is 20.3. The van der Waals surface area contributed by atoms with Crippen molar-refractivity contribution in [2.45, 2.75) is 182 Å². The Morgan fingerprint density at radius 2 is 1.27 bits per heavy atom. The van der Waals surface area contributed by atoms with Crippen molar-refractivity contribution in [2.75, 3.05) is 0 Å². The maximum Gasteiger partial charge on any atom is 0.407 e. The van der Waals surface area contributed by atoms with E-state index in [1.54, 1.807) is 0 Å². The molecule has 4 atom stereocenters. The van der Waals surface area contributed by atoms with E-state index in [1.807, 2.05) is 84.0 Å². The van der Waals surface area contributed by atoms with E-state index in [0.29, 0.717) is 19.3 Å². The number of carboxylic acids is 1. The standard InChI is InChI=1S/C45H75NO7Si2/c1-31-27-34(50-42(3,4)5)28-32(2)35(31)30-37(46-41(49)51-43(6,7)8)39(53-55(17,18)45(12,13)14)26-22-25-38(52-54(15,16)44(9,10)11)36(40(47)48)29-33-23-20-19-21-24-33/h19-25,27-28,36-39H,26,29-30H2,1-18H3,(H,46,49)(H,47,48). The van der Waals surface area contributed by atoms with Gasteiger partial charge in [0.25, 0.3) is 0 Å². The number of aryl methyl sites for hydroxylation is 2. The lowest BCUT2D eigenvalue weighted by Gasteiger charge is -2.42. The van der Waals surface area contributed by atoms with Crippen LogP contribution in [0.25, 0.3) is 0 Å². The number of nitrogens with one attached hydrogen (secondary N) is 1. The van der Waals surface area contributed by atoms with Crippen LogP contribution in [0.4, 0.5) is 4.79 Å². The quantitative estimate of drug-likeness (QED) is 0.129. The van der Waals surface area contributed by atoms with E-state index >= 15 is 0 Å². The molecule has 4 unspecified atom stereocenters. The number of carbonyl (C=O) groups is 2. The zero-order valence-corrected chi connectivity index (χ0v) is 39.5. The first-order valence-corrected chi connectivity index (χ1v) is 25.7. The fourth-order valence-corrected chi connectivity index (χ4v) is 8.47. The Morgan fingerprint density at radius 1 is 0.764 bits per heavy atom. The van der Waals surface area contributed by atoms with Crippen molar-refractivity contribution in [2.24, 2.45) is 5.92 Å². The van der Waals surface area contributed by atoms with Gasteiger partial charge in [0.15, 0.2) is 16.6 Å². The first-order chi connectivity index (χ1) is 24.8. The molecule has 0 aliphatic rings. The summed E-state index contributed by atoms with van der Waals surface area (Å²) in [6.07, 6.45) is 3.55. The van der Waals surface area contributed by atoms with E-state index in [2.05, 4.69) is 99.0 Å². The Hall–Kier alpha value is -2.93. The Kier molecular flexibility index (Phi) is 16.3. The lowest BCUT2D eigenvalue weighted by Crippen LogP contribution is -2.53. The summed E-state index contributed by atoms with van der Waals surface area (Å²) in [5.41, 5.74) is 3.12. The van der Waals surface area contributed by atoms with E-state index in [9.17, 15) is 14.7 Å². The minimum Gasteiger partial charge on any atom is -0.488 e. The molecule has 0 bridgehead atoms. The average Bonchev–Trinajstić information content (AvgIpc) is 2.97. The van der Waals surface area contributed by atoms with Gasteiger partial charge in [0.2, 0.25) is 0 Å². The molecule has 0 saturated heterocycles. The Morgan fingerprint density at radius 3 is 1.73 bits per heavy atom. The van der Waals surface area contributed by atoms with Crippen LogP contribution in [0.5, 0.6) is 5.75 Å². The van der Waals surface area contributed by atoms with Gasteiger partial charge in [-0.05, 0) is 145 Å². The zero-order valence-electron chi connectivity index (χ0n) is 37.5. The van der Waals surface area contributed by atoms with Crippen LogP contribution < -0.4 is 10.1 Å². The molecule has 0 fully saturated rings.